The van der Waals surface area contributed by atoms with Gasteiger partial charge in [0.05, 0.1) is 0 Å². The maximum atomic E-state index is 13.0. The van der Waals surface area contributed by atoms with E-state index in [-0.39, 0.29) is 18.6 Å². The SMILES string of the molecule is O=C(O)[C@@H]1C[C@@H](NCCc2ccccc2)CN1C(=O)OCC1c2ccccc2-c2ccccc21. The van der Waals surface area contributed by atoms with Gasteiger partial charge < -0.3 is 15.2 Å². The number of hydrogen-bond acceptors (Lipinski definition) is 4. The van der Waals surface area contributed by atoms with Crippen LogP contribution in [0.25, 0.3) is 11.1 Å². The smallest absolute Gasteiger partial charge is 0.410 e. The molecule has 0 saturated carbocycles. The molecule has 2 aliphatic rings. The zero-order valence-electron chi connectivity index (χ0n) is 18.9. The van der Waals surface area contributed by atoms with E-state index in [1.165, 1.54) is 10.5 Å². The van der Waals surface area contributed by atoms with Gasteiger partial charge in [0.15, 0.2) is 0 Å². The third-order valence-electron chi connectivity index (χ3n) is 6.85. The van der Waals surface area contributed by atoms with Gasteiger partial charge in [-0.3, -0.25) is 4.90 Å². The van der Waals surface area contributed by atoms with E-state index in [2.05, 4.69) is 41.7 Å². The number of likely N-dealkylation sites (tertiary alicyclic amines) is 1. The maximum Gasteiger partial charge on any atom is 0.410 e. The van der Waals surface area contributed by atoms with Crippen LogP contribution in [0.2, 0.25) is 0 Å². The van der Waals surface area contributed by atoms with Gasteiger partial charge in [-0.2, -0.15) is 0 Å². The first-order valence-corrected chi connectivity index (χ1v) is 11.7. The Morgan fingerprint density at radius 2 is 1.53 bits per heavy atom. The van der Waals surface area contributed by atoms with E-state index in [0.717, 1.165) is 35.2 Å². The highest BCUT2D eigenvalue weighted by molar-refractivity contribution is 5.82. The van der Waals surface area contributed by atoms with Crippen molar-refractivity contribution in [3.63, 3.8) is 0 Å². The monoisotopic (exact) mass is 456 g/mol. The third-order valence-corrected chi connectivity index (χ3v) is 6.85. The van der Waals surface area contributed by atoms with E-state index in [1.807, 2.05) is 42.5 Å². The van der Waals surface area contributed by atoms with Crippen LogP contribution in [0.5, 0.6) is 0 Å². The first kappa shape index (κ1) is 22.2. The van der Waals surface area contributed by atoms with Crippen LogP contribution in [0.15, 0.2) is 78.9 Å². The van der Waals surface area contributed by atoms with Crippen molar-refractivity contribution in [2.45, 2.75) is 30.8 Å². The summed E-state index contributed by atoms with van der Waals surface area (Å²) in [5, 5.41) is 13.1. The van der Waals surface area contributed by atoms with Crippen LogP contribution in [0.4, 0.5) is 4.79 Å². The number of carboxylic acids is 1. The highest BCUT2D eigenvalue weighted by atomic mass is 16.6. The van der Waals surface area contributed by atoms with Crippen molar-refractivity contribution in [3.05, 3.63) is 95.6 Å². The fraction of sp³-hybridized carbons (Fsp3) is 0.286. The summed E-state index contributed by atoms with van der Waals surface area (Å²) in [7, 11) is 0. The van der Waals surface area contributed by atoms with E-state index in [4.69, 9.17) is 4.74 Å². The lowest BCUT2D eigenvalue weighted by Crippen LogP contribution is -2.41. The van der Waals surface area contributed by atoms with E-state index in [1.54, 1.807) is 0 Å². The minimum Gasteiger partial charge on any atom is -0.480 e. The zero-order chi connectivity index (χ0) is 23.5. The van der Waals surface area contributed by atoms with Gasteiger partial charge in [-0.1, -0.05) is 78.9 Å². The molecule has 6 nitrogen and oxygen atoms in total. The Morgan fingerprint density at radius 3 is 2.18 bits per heavy atom. The van der Waals surface area contributed by atoms with Gasteiger partial charge in [0.2, 0.25) is 0 Å². The van der Waals surface area contributed by atoms with E-state index < -0.39 is 18.1 Å². The molecular formula is C28H28N2O4. The van der Waals surface area contributed by atoms with E-state index >= 15 is 0 Å². The van der Waals surface area contributed by atoms with Crippen LogP contribution in [-0.4, -0.2) is 53.8 Å². The molecule has 1 amide bonds. The molecule has 1 saturated heterocycles. The van der Waals surface area contributed by atoms with Crippen LogP contribution in [0.1, 0.15) is 29.0 Å². The number of carboxylic acid groups (broad SMARTS) is 1. The van der Waals surface area contributed by atoms with Gasteiger partial charge in [0.25, 0.3) is 0 Å². The molecule has 34 heavy (non-hydrogen) atoms. The summed E-state index contributed by atoms with van der Waals surface area (Å²) >= 11 is 0. The molecule has 3 aromatic rings. The fourth-order valence-corrected chi connectivity index (χ4v) is 5.16. The summed E-state index contributed by atoms with van der Waals surface area (Å²) in [4.78, 5) is 26.2. The standard InChI is InChI=1S/C28H28N2O4/c31-27(32)26-16-20(29-15-14-19-8-2-1-3-9-19)17-30(26)28(33)34-18-25-23-12-6-4-10-21(23)22-11-5-7-13-24(22)25/h1-13,20,25-26,29H,14-18H2,(H,31,32)/t20-,26+/m1/s1. The Kier molecular flexibility index (Phi) is 6.32. The topological polar surface area (TPSA) is 78.9 Å². The Hall–Kier alpha value is -3.64. The van der Waals surface area contributed by atoms with Crippen molar-refractivity contribution in [2.75, 3.05) is 19.7 Å². The number of carbonyl (C=O) groups excluding carboxylic acids is 1. The number of fused-ring (bicyclic) bond motifs is 3. The molecule has 174 valence electrons. The molecule has 0 radical (unpaired) electrons. The summed E-state index contributed by atoms with van der Waals surface area (Å²) in [6.07, 6.45) is 0.649. The van der Waals surface area contributed by atoms with Crippen molar-refractivity contribution in [1.29, 1.82) is 0 Å². The molecule has 1 heterocycles. The first-order valence-electron chi connectivity index (χ1n) is 11.7. The molecular weight excluding hydrogens is 428 g/mol. The number of rotatable bonds is 7. The number of nitrogens with one attached hydrogen (secondary N) is 1. The van der Waals surface area contributed by atoms with Crippen LogP contribution in [0.3, 0.4) is 0 Å². The van der Waals surface area contributed by atoms with Crippen molar-refractivity contribution in [1.82, 2.24) is 10.2 Å². The number of benzene rings is 3. The molecule has 2 N–H and O–H groups in total. The van der Waals surface area contributed by atoms with Crippen molar-refractivity contribution >= 4 is 12.1 Å². The molecule has 1 aliphatic heterocycles. The van der Waals surface area contributed by atoms with Gasteiger partial charge in [-0.25, -0.2) is 9.59 Å². The Labute approximate surface area is 199 Å². The minimum atomic E-state index is -0.999. The van der Waals surface area contributed by atoms with Gasteiger partial charge in [-0.05, 0) is 47.2 Å². The molecule has 3 aromatic carbocycles. The molecule has 5 rings (SSSR count). The Bertz CT molecular complexity index is 1130. The Morgan fingerprint density at radius 1 is 0.912 bits per heavy atom. The summed E-state index contributed by atoms with van der Waals surface area (Å²) < 4.78 is 5.72. The maximum absolute atomic E-state index is 13.0. The average Bonchev–Trinajstić information content (AvgIpc) is 3.43. The summed E-state index contributed by atoms with van der Waals surface area (Å²) in [5.74, 6) is -1.05. The van der Waals surface area contributed by atoms with Gasteiger partial charge in [-0.15, -0.1) is 0 Å². The number of aliphatic carboxylic acids is 1. The molecule has 1 aliphatic carbocycles. The first-order chi connectivity index (χ1) is 16.6. The second-order valence-electron chi connectivity index (χ2n) is 8.93. The third kappa shape index (κ3) is 4.41. The summed E-state index contributed by atoms with van der Waals surface area (Å²) in [6, 6.07) is 25.5. The van der Waals surface area contributed by atoms with E-state index in [0.29, 0.717) is 13.0 Å². The number of amides is 1. The molecule has 0 bridgehead atoms. The molecule has 1 fully saturated rings. The number of hydrogen-bond donors (Lipinski definition) is 2. The van der Waals surface area contributed by atoms with Gasteiger partial charge in [0, 0.05) is 18.5 Å². The van der Waals surface area contributed by atoms with Crippen LogP contribution < -0.4 is 5.32 Å². The highest BCUT2D eigenvalue weighted by Gasteiger charge is 2.41. The largest absolute Gasteiger partial charge is 0.480 e. The van der Waals surface area contributed by atoms with Gasteiger partial charge in [0.1, 0.15) is 12.6 Å². The number of carbonyl (C=O) groups is 2. The lowest BCUT2D eigenvalue weighted by atomic mass is 9.98. The Balaban J connectivity index is 1.22. The lowest BCUT2D eigenvalue weighted by molar-refractivity contribution is -0.141. The second-order valence-corrected chi connectivity index (χ2v) is 8.93. The van der Waals surface area contributed by atoms with Crippen molar-refractivity contribution in [2.24, 2.45) is 0 Å². The predicted octanol–water partition coefficient (Wildman–Crippen LogP) is 4.30. The van der Waals surface area contributed by atoms with E-state index in [9.17, 15) is 14.7 Å². The number of ether oxygens (including phenoxy) is 1. The zero-order valence-corrected chi connectivity index (χ0v) is 18.9. The molecule has 0 aromatic heterocycles. The predicted molar refractivity (Wildman–Crippen MR) is 130 cm³/mol. The molecule has 0 spiro atoms. The van der Waals surface area contributed by atoms with Gasteiger partial charge >= 0.3 is 12.1 Å². The second kappa shape index (κ2) is 9.69. The van der Waals surface area contributed by atoms with Crippen molar-refractivity contribution in [3.8, 4) is 11.1 Å². The molecule has 0 unspecified atom stereocenters. The average molecular weight is 457 g/mol. The highest BCUT2D eigenvalue weighted by Crippen LogP contribution is 2.44. The molecule has 2 atom stereocenters. The van der Waals surface area contributed by atoms with Crippen LogP contribution in [-0.2, 0) is 16.0 Å². The van der Waals surface area contributed by atoms with Crippen LogP contribution >= 0.6 is 0 Å². The molecule has 6 heteroatoms. The summed E-state index contributed by atoms with van der Waals surface area (Å²) in [5.41, 5.74) is 5.80. The lowest BCUT2D eigenvalue weighted by Gasteiger charge is -2.22. The van der Waals surface area contributed by atoms with Crippen LogP contribution in [0, 0.1) is 0 Å². The number of nitrogens with zero attached hydrogens (tertiary/aromatic N) is 1. The fourth-order valence-electron chi connectivity index (χ4n) is 5.16. The van der Waals surface area contributed by atoms with Crippen molar-refractivity contribution < 1.29 is 19.4 Å². The quantitative estimate of drug-likeness (QED) is 0.554. The normalized spacial score (nSPS) is 19.0. The minimum absolute atomic E-state index is 0.0537. The summed E-state index contributed by atoms with van der Waals surface area (Å²) in [6.45, 7) is 1.23.